The Kier molecular flexibility index (Phi) is 6.88. The molecule has 1 aliphatic carbocycles. The molecule has 0 spiro atoms. The zero-order valence-electron chi connectivity index (χ0n) is 20.0. The molecule has 3 unspecified atom stereocenters. The molecule has 1 aromatic carbocycles. The molecule has 0 amide bonds. The zero-order chi connectivity index (χ0) is 25.3. The van der Waals surface area contributed by atoms with Gasteiger partial charge in [-0.25, -0.2) is 4.79 Å². The topological polar surface area (TPSA) is 121 Å². The minimum atomic E-state index is -1.07. The Morgan fingerprint density at radius 2 is 1.89 bits per heavy atom. The van der Waals surface area contributed by atoms with E-state index in [1.54, 1.807) is 38.1 Å². The molecule has 0 radical (unpaired) electrons. The summed E-state index contributed by atoms with van der Waals surface area (Å²) in [6.45, 7) is 3.65. The Morgan fingerprint density at radius 1 is 1.14 bits per heavy atom. The van der Waals surface area contributed by atoms with Crippen molar-refractivity contribution in [3.05, 3.63) is 68.9 Å². The highest BCUT2D eigenvalue weighted by Gasteiger charge is 2.48. The largest absolute Gasteiger partial charge is 0.468 e. The van der Waals surface area contributed by atoms with Crippen molar-refractivity contribution in [3.8, 4) is 0 Å². The number of allylic oxidation sites excluding steroid dienone is 3. The minimum absolute atomic E-state index is 0.00711. The van der Waals surface area contributed by atoms with Gasteiger partial charge in [-0.05, 0) is 31.4 Å². The normalized spacial score (nSPS) is 22.1. The summed E-state index contributed by atoms with van der Waals surface area (Å²) in [4.78, 5) is 53.1. The summed E-state index contributed by atoms with van der Waals surface area (Å²) in [5.41, 5.74) is 1.42. The molecule has 2 aliphatic rings. The summed E-state index contributed by atoms with van der Waals surface area (Å²) in [5.74, 6) is -4.32. The zero-order valence-corrected chi connectivity index (χ0v) is 20.0. The number of hydrogen-bond donors (Lipinski definition) is 1. The number of fused-ring (bicyclic) bond motifs is 1. The van der Waals surface area contributed by atoms with Crippen LogP contribution >= 0.6 is 0 Å². The van der Waals surface area contributed by atoms with Crippen molar-refractivity contribution in [2.75, 3.05) is 27.4 Å². The van der Waals surface area contributed by atoms with Crippen LogP contribution in [-0.2, 0) is 28.6 Å². The molecule has 9 heteroatoms. The Balaban J connectivity index is 1.92. The van der Waals surface area contributed by atoms with Crippen LogP contribution in [0.2, 0.25) is 0 Å². The first-order valence-corrected chi connectivity index (χ1v) is 11.3. The molecule has 0 bridgehead atoms. The van der Waals surface area contributed by atoms with Crippen LogP contribution in [0.3, 0.4) is 0 Å². The fourth-order valence-electron chi connectivity index (χ4n) is 4.85. The van der Waals surface area contributed by atoms with Crippen LogP contribution in [0, 0.1) is 11.8 Å². The molecule has 1 aliphatic heterocycles. The van der Waals surface area contributed by atoms with Gasteiger partial charge in [0, 0.05) is 29.6 Å². The number of Topliss-reactive ketones (excluding diaryl/α,β-unsaturated/α-hetero) is 1. The lowest BCUT2D eigenvalue weighted by Crippen LogP contribution is -2.44. The number of esters is 2. The molecule has 2 aromatic rings. The van der Waals surface area contributed by atoms with Crippen LogP contribution in [0.15, 0.2) is 62.3 Å². The van der Waals surface area contributed by atoms with E-state index in [0.717, 1.165) is 0 Å². The second-order valence-corrected chi connectivity index (χ2v) is 8.68. The number of methoxy groups -OCH3 is 2. The van der Waals surface area contributed by atoms with E-state index in [4.69, 9.17) is 18.6 Å². The number of carbonyl (C=O) groups is 3. The van der Waals surface area contributed by atoms with Crippen molar-refractivity contribution in [3.63, 3.8) is 0 Å². The third-order valence-electron chi connectivity index (χ3n) is 6.50. The first kappa shape index (κ1) is 24.4. The van der Waals surface area contributed by atoms with E-state index < -0.39 is 29.6 Å². The monoisotopic (exact) mass is 481 g/mol. The predicted octanol–water partition coefficient (Wildman–Crippen LogP) is 2.60. The summed E-state index contributed by atoms with van der Waals surface area (Å²) in [5, 5.41) is 3.47. The van der Waals surface area contributed by atoms with Crippen LogP contribution in [0.25, 0.3) is 11.0 Å². The predicted molar refractivity (Wildman–Crippen MR) is 125 cm³/mol. The van der Waals surface area contributed by atoms with Crippen LogP contribution in [-0.4, -0.2) is 45.2 Å². The number of benzene rings is 1. The van der Waals surface area contributed by atoms with Gasteiger partial charge in [-0.2, -0.15) is 0 Å². The molecule has 2 heterocycles. The molecule has 184 valence electrons. The first-order valence-electron chi connectivity index (χ1n) is 11.3. The fraction of sp³-hybridized carbons (Fsp3) is 0.385. The number of nitrogens with one attached hydrogen (secondary N) is 1. The van der Waals surface area contributed by atoms with Crippen LogP contribution in [0.5, 0.6) is 0 Å². The van der Waals surface area contributed by atoms with E-state index in [0.29, 0.717) is 28.8 Å². The number of hydrogen-bond acceptors (Lipinski definition) is 9. The second-order valence-electron chi connectivity index (χ2n) is 8.68. The summed E-state index contributed by atoms with van der Waals surface area (Å²) < 4.78 is 21.0. The Morgan fingerprint density at radius 3 is 2.60 bits per heavy atom. The third kappa shape index (κ3) is 4.27. The third-order valence-corrected chi connectivity index (χ3v) is 6.50. The lowest BCUT2D eigenvalue weighted by molar-refractivity contribution is -0.151. The summed E-state index contributed by atoms with van der Waals surface area (Å²) in [7, 11) is 2.71. The summed E-state index contributed by atoms with van der Waals surface area (Å²) >= 11 is 0. The quantitative estimate of drug-likeness (QED) is 0.377. The number of rotatable bonds is 6. The van der Waals surface area contributed by atoms with E-state index in [9.17, 15) is 19.2 Å². The molecular formula is C26H27NO8. The highest BCUT2D eigenvalue weighted by Crippen LogP contribution is 2.45. The highest BCUT2D eigenvalue weighted by molar-refractivity contribution is 6.12. The number of para-hydroxylation sites is 1. The average molecular weight is 482 g/mol. The van der Waals surface area contributed by atoms with Gasteiger partial charge >= 0.3 is 11.9 Å². The first-order chi connectivity index (χ1) is 16.8. The lowest BCUT2D eigenvalue weighted by atomic mass is 9.69. The fourth-order valence-corrected chi connectivity index (χ4v) is 4.85. The van der Waals surface area contributed by atoms with Crippen molar-refractivity contribution < 1.29 is 33.0 Å². The van der Waals surface area contributed by atoms with Gasteiger partial charge in [0.1, 0.15) is 18.1 Å². The second kappa shape index (κ2) is 9.87. The van der Waals surface area contributed by atoms with Gasteiger partial charge in [0.15, 0.2) is 11.2 Å². The van der Waals surface area contributed by atoms with Gasteiger partial charge in [0.05, 0.1) is 36.9 Å². The van der Waals surface area contributed by atoms with Gasteiger partial charge in [-0.3, -0.25) is 14.4 Å². The number of ether oxygens (including phenoxy) is 3. The van der Waals surface area contributed by atoms with Gasteiger partial charge in [0.25, 0.3) is 0 Å². The van der Waals surface area contributed by atoms with Gasteiger partial charge in [-0.1, -0.05) is 19.1 Å². The van der Waals surface area contributed by atoms with Crippen LogP contribution in [0.4, 0.5) is 0 Å². The summed E-state index contributed by atoms with van der Waals surface area (Å²) in [6, 6.07) is 6.73. The van der Waals surface area contributed by atoms with Crippen LogP contribution in [0.1, 0.15) is 31.7 Å². The molecular weight excluding hydrogens is 454 g/mol. The maximum Gasteiger partial charge on any atom is 0.336 e. The average Bonchev–Trinajstić information content (AvgIpc) is 2.83. The van der Waals surface area contributed by atoms with E-state index >= 15 is 0 Å². The van der Waals surface area contributed by atoms with Gasteiger partial charge in [0.2, 0.25) is 0 Å². The van der Waals surface area contributed by atoms with E-state index in [1.807, 2.05) is 0 Å². The molecule has 9 nitrogen and oxygen atoms in total. The smallest absolute Gasteiger partial charge is 0.336 e. The molecule has 3 atom stereocenters. The number of ketones is 1. The Bertz CT molecular complexity index is 1320. The molecule has 1 aromatic heterocycles. The molecule has 0 saturated heterocycles. The minimum Gasteiger partial charge on any atom is -0.468 e. The van der Waals surface area contributed by atoms with Gasteiger partial charge in [-0.15, -0.1) is 0 Å². The Hall–Kier alpha value is -3.72. The highest BCUT2D eigenvalue weighted by atomic mass is 16.6. The molecule has 4 rings (SSSR count). The molecule has 1 N–H and O–H groups in total. The molecule has 35 heavy (non-hydrogen) atoms. The maximum absolute atomic E-state index is 13.7. The standard InChI is InChI=1S/C26H27NO8/c1-13-11-17-22(24(29)19(13)25(30)33-4)21(20(14(2)27-17)26(31)34-10-9-32-3)16-12-35-18-8-6-5-7-15(18)23(16)28/h5-8,12-13,19,21,27H,9-11H2,1-4H3. The van der Waals surface area contributed by atoms with Crippen molar-refractivity contribution in [1.29, 1.82) is 0 Å². The van der Waals surface area contributed by atoms with Crippen molar-refractivity contribution in [2.45, 2.75) is 26.2 Å². The summed E-state index contributed by atoms with van der Waals surface area (Å²) in [6.07, 6.45) is 1.64. The van der Waals surface area contributed by atoms with Crippen LogP contribution < -0.4 is 10.7 Å². The van der Waals surface area contributed by atoms with E-state index in [2.05, 4.69) is 5.32 Å². The molecule has 0 saturated carbocycles. The SMILES string of the molecule is COCCOC(=O)C1=C(C)NC2=C(C(=O)C(C(=O)OC)C(C)C2)C1c1coc2ccccc2c1=O. The maximum atomic E-state index is 13.7. The van der Waals surface area contributed by atoms with Crippen molar-refractivity contribution in [1.82, 2.24) is 5.32 Å². The van der Waals surface area contributed by atoms with Crippen molar-refractivity contribution in [2.24, 2.45) is 11.8 Å². The van der Waals surface area contributed by atoms with Gasteiger partial charge < -0.3 is 23.9 Å². The van der Waals surface area contributed by atoms with E-state index in [-0.39, 0.29) is 41.3 Å². The lowest BCUT2D eigenvalue weighted by Gasteiger charge is -2.37. The molecule has 0 fully saturated rings. The number of carbonyl (C=O) groups excluding carboxylic acids is 3. The Labute approximate surface area is 201 Å². The number of dihydropyridines is 1. The van der Waals surface area contributed by atoms with Crippen molar-refractivity contribution >= 4 is 28.7 Å². The van der Waals surface area contributed by atoms with E-state index in [1.165, 1.54) is 20.5 Å².